The van der Waals surface area contributed by atoms with Gasteiger partial charge in [0.05, 0.1) is 0 Å². The van der Waals surface area contributed by atoms with E-state index in [0.29, 0.717) is 0 Å². The summed E-state index contributed by atoms with van der Waals surface area (Å²) < 4.78 is 13.3. The third-order valence-corrected chi connectivity index (χ3v) is 5.68. The van der Waals surface area contributed by atoms with Gasteiger partial charge in [-0.1, -0.05) is 18.2 Å². The van der Waals surface area contributed by atoms with Crippen LogP contribution in [-0.4, -0.2) is 34.5 Å². The molecule has 146 valence electrons. The molecule has 29 heavy (non-hydrogen) atoms. The summed E-state index contributed by atoms with van der Waals surface area (Å²) in [6.07, 6.45) is 5.83. The summed E-state index contributed by atoms with van der Waals surface area (Å²) in [4.78, 5) is 10.2. The van der Waals surface area contributed by atoms with Crippen molar-refractivity contribution in [3.63, 3.8) is 0 Å². The van der Waals surface area contributed by atoms with Gasteiger partial charge in [-0.2, -0.15) is 0 Å². The molecule has 0 unspecified atom stereocenters. The molecule has 4 nitrogen and oxygen atoms in total. The lowest BCUT2D eigenvalue weighted by atomic mass is 10.0. The number of halogens is 1. The van der Waals surface area contributed by atoms with Gasteiger partial charge in [-0.25, -0.2) is 4.39 Å². The first-order valence-corrected chi connectivity index (χ1v) is 9.98. The van der Waals surface area contributed by atoms with Gasteiger partial charge in [-0.05, 0) is 58.5 Å². The van der Waals surface area contributed by atoms with Gasteiger partial charge >= 0.3 is 0 Å². The van der Waals surface area contributed by atoms with Crippen LogP contribution in [0.25, 0.3) is 22.0 Å². The highest BCUT2D eigenvalue weighted by molar-refractivity contribution is 5.84. The van der Waals surface area contributed by atoms with Gasteiger partial charge in [0.2, 0.25) is 0 Å². The number of aromatic nitrogens is 2. The Kier molecular flexibility index (Phi) is 4.84. The summed E-state index contributed by atoms with van der Waals surface area (Å²) in [6, 6.07) is 17.8. The molecule has 1 aliphatic heterocycles. The van der Waals surface area contributed by atoms with E-state index in [1.807, 2.05) is 30.7 Å². The number of nitrogens with one attached hydrogen (secondary N) is 2. The van der Waals surface area contributed by atoms with Crippen LogP contribution in [0, 0.1) is 5.82 Å². The zero-order valence-electron chi connectivity index (χ0n) is 16.1. The highest BCUT2D eigenvalue weighted by atomic mass is 19.1. The highest BCUT2D eigenvalue weighted by Crippen LogP contribution is 2.27. The van der Waals surface area contributed by atoms with Crippen molar-refractivity contribution in [1.29, 1.82) is 0 Å². The molecule has 4 aromatic rings. The SMILES string of the molecule is Fc1ccc([C@H]2CNCCN2Cc2cncc(-c3ccc4[nH]ccc4c3)c2)cc1. The molecule has 3 heterocycles. The largest absolute Gasteiger partial charge is 0.361 e. The van der Waals surface area contributed by atoms with E-state index < -0.39 is 0 Å². The van der Waals surface area contributed by atoms with Crippen molar-refractivity contribution in [3.8, 4) is 11.1 Å². The quantitative estimate of drug-likeness (QED) is 0.542. The molecule has 0 bridgehead atoms. The second kappa shape index (κ2) is 7.78. The van der Waals surface area contributed by atoms with Crippen molar-refractivity contribution in [2.75, 3.05) is 19.6 Å². The summed E-state index contributed by atoms with van der Waals surface area (Å²) in [5, 5.41) is 4.66. The van der Waals surface area contributed by atoms with E-state index in [-0.39, 0.29) is 11.9 Å². The fraction of sp³-hybridized carbons (Fsp3) is 0.208. The van der Waals surface area contributed by atoms with E-state index in [2.05, 4.69) is 50.5 Å². The van der Waals surface area contributed by atoms with Gasteiger partial charge < -0.3 is 10.3 Å². The number of rotatable bonds is 4. The van der Waals surface area contributed by atoms with Gasteiger partial charge in [-0.15, -0.1) is 0 Å². The third-order valence-electron chi connectivity index (χ3n) is 5.68. The normalized spacial score (nSPS) is 17.6. The molecule has 1 fully saturated rings. The lowest BCUT2D eigenvalue weighted by Crippen LogP contribution is -2.45. The monoisotopic (exact) mass is 386 g/mol. The van der Waals surface area contributed by atoms with Crippen LogP contribution in [0.1, 0.15) is 17.2 Å². The van der Waals surface area contributed by atoms with E-state index in [9.17, 15) is 4.39 Å². The second-order valence-corrected chi connectivity index (χ2v) is 7.60. The molecule has 0 radical (unpaired) electrons. The molecular formula is C24H23FN4. The Morgan fingerprint density at radius 3 is 2.79 bits per heavy atom. The molecule has 0 amide bonds. The van der Waals surface area contributed by atoms with Crippen molar-refractivity contribution in [2.24, 2.45) is 0 Å². The molecule has 2 aromatic heterocycles. The van der Waals surface area contributed by atoms with Crippen LogP contribution < -0.4 is 5.32 Å². The first-order chi connectivity index (χ1) is 14.3. The molecular weight excluding hydrogens is 363 g/mol. The number of benzene rings is 2. The Hall–Kier alpha value is -3.02. The number of H-pyrrole nitrogens is 1. The van der Waals surface area contributed by atoms with Gasteiger partial charge in [-0.3, -0.25) is 9.88 Å². The van der Waals surface area contributed by atoms with Crippen LogP contribution in [0.3, 0.4) is 0 Å². The fourth-order valence-electron chi connectivity index (χ4n) is 4.15. The van der Waals surface area contributed by atoms with Crippen LogP contribution in [0.15, 0.2) is 73.2 Å². The van der Waals surface area contributed by atoms with E-state index in [1.165, 1.54) is 16.5 Å². The van der Waals surface area contributed by atoms with E-state index >= 15 is 0 Å². The number of piperazine rings is 1. The van der Waals surface area contributed by atoms with Crippen molar-refractivity contribution >= 4 is 10.9 Å². The highest BCUT2D eigenvalue weighted by Gasteiger charge is 2.24. The molecule has 1 atom stereocenters. The van der Waals surface area contributed by atoms with Crippen LogP contribution >= 0.6 is 0 Å². The topological polar surface area (TPSA) is 44.0 Å². The fourth-order valence-corrected chi connectivity index (χ4v) is 4.15. The van der Waals surface area contributed by atoms with Gasteiger partial charge in [0.25, 0.3) is 0 Å². The van der Waals surface area contributed by atoms with Crippen molar-refractivity contribution in [2.45, 2.75) is 12.6 Å². The number of pyridine rings is 1. The average Bonchev–Trinajstić information content (AvgIpc) is 3.23. The lowest BCUT2D eigenvalue weighted by Gasteiger charge is -2.36. The van der Waals surface area contributed by atoms with Crippen molar-refractivity contribution < 1.29 is 4.39 Å². The van der Waals surface area contributed by atoms with Crippen molar-refractivity contribution in [3.05, 3.63) is 90.1 Å². The molecule has 0 aliphatic carbocycles. The number of fused-ring (bicyclic) bond motifs is 1. The molecule has 0 saturated carbocycles. The zero-order valence-corrected chi connectivity index (χ0v) is 16.1. The minimum absolute atomic E-state index is 0.194. The molecule has 1 saturated heterocycles. The second-order valence-electron chi connectivity index (χ2n) is 7.60. The van der Waals surface area contributed by atoms with Crippen LogP contribution in [0.5, 0.6) is 0 Å². The maximum Gasteiger partial charge on any atom is 0.123 e. The standard InChI is InChI=1S/C24H23FN4/c25-22-4-1-18(2-5-22)24-15-26-9-10-29(24)16-17-11-21(14-27-13-17)19-3-6-23-20(12-19)7-8-28-23/h1-8,11-14,24,26,28H,9-10,15-16H2/t24-/m1/s1. The predicted molar refractivity (Wildman–Crippen MR) is 114 cm³/mol. The Balaban J connectivity index is 1.40. The molecule has 2 aromatic carbocycles. The number of hydrogen-bond donors (Lipinski definition) is 2. The molecule has 2 N–H and O–H groups in total. The Labute approximate surface area is 169 Å². The summed E-state index contributed by atoms with van der Waals surface area (Å²) in [6.45, 7) is 3.58. The summed E-state index contributed by atoms with van der Waals surface area (Å²) in [7, 11) is 0. The molecule has 5 heteroatoms. The minimum atomic E-state index is -0.194. The molecule has 0 spiro atoms. The van der Waals surface area contributed by atoms with E-state index in [0.717, 1.165) is 42.8 Å². The summed E-state index contributed by atoms with van der Waals surface area (Å²) in [5.74, 6) is -0.194. The zero-order chi connectivity index (χ0) is 19.6. The number of nitrogens with zero attached hydrogens (tertiary/aromatic N) is 2. The Morgan fingerprint density at radius 1 is 1.00 bits per heavy atom. The van der Waals surface area contributed by atoms with Crippen LogP contribution in [-0.2, 0) is 6.54 Å². The van der Waals surface area contributed by atoms with E-state index in [4.69, 9.17) is 0 Å². The maximum atomic E-state index is 13.3. The first kappa shape index (κ1) is 18.0. The minimum Gasteiger partial charge on any atom is -0.361 e. The van der Waals surface area contributed by atoms with Crippen LogP contribution in [0.4, 0.5) is 4.39 Å². The van der Waals surface area contributed by atoms with Gasteiger partial charge in [0, 0.05) is 61.9 Å². The smallest absolute Gasteiger partial charge is 0.123 e. The van der Waals surface area contributed by atoms with Gasteiger partial charge in [0.15, 0.2) is 0 Å². The van der Waals surface area contributed by atoms with Gasteiger partial charge in [0.1, 0.15) is 5.82 Å². The van der Waals surface area contributed by atoms with E-state index in [1.54, 1.807) is 12.1 Å². The van der Waals surface area contributed by atoms with Crippen molar-refractivity contribution in [1.82, 2.24) is 20.2 Å². The predicted octanol–water partition coefficient (Wildman–Crippen LogP) is 4.52. The summed E-state index contributed by atoms with van der Waals surface area (Å²) in [5.41, 5.74) is 5.76. The third kappa shape index (κ3) is 3.79. The number of aromatic amines is 1. The Morgan fingerprint density at radius 2 is 1.90 bits per heavy atom. The maximum absolute atomic E-state index is 13.3. The summed E-state index contributed by atoms with van der Waals surface area (Å²) >= 11 is 0. The number of hydrogen-bond acceptors (Lipinski definition) is 3. The average molecular weight is 386 g/mol. The molecule has 1 aliphatic rings. The first-order valence-electron chi connectivity index (χ1n) is 9.98. The lowest BCUT2D eigenvalue weighted by molar-refractivity contribution is 0.153. The van der Waals surface area contributed by atoms with Crippen LogP contribution in [0.2, 0.25) is 0 Å². The molecule has 5 rings (SSSR count). The Bertz CT molecular complexity index is 1120.